The molecule has 5 rings (SSSR count). The van der Waals surface area contributed by atoms with Crippen molar-refractivity contribution in [3.63, 3.8) is 0 Å². The molecule has 0 N–H and O–H groups in total. The van der Waals surface area contributed by atoms with Crippen LogP contribution < -0.4 is 4.74 Å². The lowest BCUT2D eigenvalue weighted by atomic mass is 10.0. The van der Waals surface area contributed by atoms with Gasteiger partial charge in [-0.25, -0.2) is 8.78 Å². The van der Waals surface area contributed by atoms with Gasteiger partial charge in [0, 0.05) is 29.6 Å². The number of amides is 2. The minimum atomic E-state index is -0.410. The Kier molecular flexibility index (Phi) is 6.81. The van der Waals surface area contributed by atoms with Crippen LogP contribution in [-0.4, -0.2) is 47.9 Å². The lowest BCUT2D eigenvalue weighted by molar-refractivity contribution is -0.135. The zero-order valence-electron chi connectivity index (χ0n) is 19.2. The van der Waals surface area contributed by atoms with E-state index in [4.69, 9.17) is 4.74 Å². The van der Waals surface area contributed by atoms with Gasteiger partial charge in [-0.1, -0.05) is 6.07 Å². The monoisotopic (exact) mass is 496 g/mol. The van der Waals surface area contributed by atoms with Crippen LogP contribution in [0.3, 0.4) is 0 Å². The molecule has 1 fully saturated rings. The first-order chi connectivity index (χ1) is 17.0. The zero-order valence-corrected chi connectivity index (χ0v) is 20.0. The van der Waals surface area contributed by atoms with E-state index < -0.39 is 5.82 Å². The van der Waals surface area contributed by atoms with Crippen LogP contribution in [0.15, 0.2) is 60.0 Å². The maximum Gasteiger partial charge on any atom is 0.254 e. The molecule has 2 aliphatic rings. The van der Waals surface area contributed by atoms with Crippen molar-refractivity contribution in [1.82, 2.24) is 9.80 Å². The largest absolute Gasteiger partial charge is 0.491 e. The highest BCUT2D eigenvalue weighted by Gasteiger charge is 2.35. The molecule has 1 aliphatic carbocycles. The highest BCUT2D eigenvalue weighted by atomic mass is 32.1. The Hall–Kier alpha value is -3.26. The molecule has 182 valence electrons. The van der Waals surface area contributed by atoms with Crippen LogP contribution in [0.4, 0.5) is 8.78 Å². The molecule has 5 nitrogen and oxygen atoms in total. The number of rotatable bonds is 8. The number of fused-ring (bicyclic) bond motifs is 1. The normalized spacial score (nSPS) is 17.1. The van der Waals surface area contributed by atoms with Gasteiger partial charge in [-0.05, 0) is 78.6 Å². The van der Waals surface area contributed by atoms with Gasteiger partial charge in [0.15, 0.2) is 0 Å². The van der Waals surface area contributed by atoms with Gasteiger partial charge in [0.1, 0.15) is 30.5 Å². The number of benzene rings is 2. The van der Waals surface area contributed by atoms with E-state index in [0.29, 0.717) is 30.3 Å². The van der Waals surface area contributed by atoms with Crippen LogP contribution in [0.25, 0.3) is 0 Å². The Labute approximate surface area is 206 Å². The third-order valence-electron chi connectivity index (χ3n) is 6.50. The van der Waals surface area contributed by atoms with Crippen LogP contribution in [0.2, 0.25) is 0 Å². The Morgan fingerprint density at radius 1 is 1.06 bits per heavy atom. The third kappa shape index (κ3) is 5.53. The molecule has 1 aromatic heterocycles. The van der Waals surface area contributed by atoms with Gasteiger partial charge in [-0.15, -0.1) is 11.3 Å². The molecular weight excluding hydrogens is 470 g/mol. The van der Waals surface area contributed by atoms with Gasteiger partial charge in [0.05, 0.1) is 6.04 Å². The van der Waals surface area contributed by atoms with E-state index in [2.05, 4.69) is 0 Å². The number of hydrogen-bond acceptors (Lipinski definition) is 4. The van der Waals surface area contributed by atoms with Gasteiger partial charge in [0.2, 0.25) is 5.91 Å². The van der Waals surface area contributed by atoms with Crippen LogP contribution >= 0.6 is 11.3 Å². The van der Waals surface area contributed by atoms with Crippen molar-refractivity contribution in [1.29, 1.82) is 0 Å². The standard InChI is InChI=1S/C27H26F2N2O3S/c28-20-8-6-19(7-9-20)27(33)30(15-18-4-5-18)16-26(32)31-12-10-25-23(11-13-35-25)24(31)17-34-22-3-1-2-21(29)14-22/h1-3,6-9,11,13-14,18,24H,4-5,10,12,15-17H2/t24-/m1/s1. The number of carbonyl (C=O) groups is 2. The summed E-state index contributed by atoms with van der Waals surface area (Å²) in [6.07, 6.45) is 2.81. The maximum absolute atomic E-state index is 13.6. The summed E-state index contributed by atoms with van der Waals surface area (Å²) < 4.78 is 32.9. The second kappa shape index (κ2) is 10.2. The van der Waals surface area contributed by atoms with E-state index in [0.717, 1.165) is 24.8 Å². The minimum absolute atomic E-state index is 0.0529. The van der Waals surface area contributed by atoms with Gasteiger partial charge in [-0.3, -0.25) is 9.59 Å². The molecule has 0 spiro atoms. The summed E-state index contributed by atoms with van der Waals surface area (Å²) in [5.74, 6) is -0.430. The Balaban J connectivity index is 1.34. The molecule has 0 unspecified atom stereocenters. The average molecular weight is 497 g/mol. The Bertz CT molecular complexity index is 1210. The molecular formula is C27H26F2N2O3S. The van der Waals surface area contributed by atoms with Crippen molar-refractivity contribution in [2.45, 2.75) is 25.3 Å². The molecule has 0 saturated heterocycles. The summed E-state index contributed by atoms with van der Waals surface area (Å²) in [6.45, 7) is 1.16. The van der Waals surface area contributed by atoms with Crippen molar-refractivity contribution < 1.29 is 23.1 Å². The second-order valence-electron chi connectivity index (χ2n) is 9.06. The maximum atomic E-state index is 13.6. The third-order valence-corrected chi connectivity index (χ3v) is 7.50. The lowest BCUT2D eigenvalue weighted by Gasteiger charge is -2.37. The van der Waals surface area contributed by atoms with Gasteiger partial charge in [-0.2, -0.15) is 0 Å². The molecule has 1 atom stereocenters. The van der Waals surface area contributed by atoms with Gasteiger partial charge in [0.25, 0.3) is 5.91 Å². The molecule has 2 heterocycles. The molecule has 1 aliphatic heterocycles. The first-order valence-electron chi connectivity index (χ1n) is 11.8. The number of nitrogens with zero attached hydrogens (tertiary/aromatic N) is 2. The summed E-state index contributed by atoms with van der Waals surface area (Å²) in [6, 6.07) is 13.0. The van der Waals surface area contributed by atoms with E-state index in [1.54, 1.807) is 33.3 Å². The van der Waals surface area contributed by atoms with E-state index in [-0.39, 0.29) is 36.8 Å². The van der Waals surface area contributed by atoms with Crippen LogP contribution in [-0.2, 0) is 11.2 Å². The Morgan fingerprint density at radius 2 is 1.86 bits per heavy atom. The molecule has 3 aromatic rings. The highest BCUT2D eigenvalue weighted by Crippen LogP contribution is 2.35. The number of ether oxygens (including phenoxy) is 1. The van der Waals surface area contributed by atoms with Crippen molar-refractivity contribution in [3.8, 4) is 5.75 Å². The van der Waals surface area contributed by atoms with E-state index in [1.807, 2.05) is 11.4 Å². The SMILES string of the molecule is O=C(c1ccc(F)cc1)N(CC(=O)N1CCc2sccc2[C@H]1COc1cccc(F)c1)CC1CC1. The first kappa shape index (κ1) is 23.5. The summed E-state index contributed by atoms with van der Waals surface area (Å²) in [4.78, 5) is 31.3. The topological polar surface area (TPSA) is 49.9 Å². The molecule has 2 amide bonds. The fourth-order valence-corrected chi connectivity index (χ4v) is 5.40. The fraction of sp³-hybridized carbons (Fsp3) is 0.333. The van der Waals surface area contributed by atoms with Crippen molar-refractivity contribution in [2.75, 3.05) is 26.2 Å². The lowest BCUT2D eigenvalue weighted by Crippen LogP contribution is -2.48. The number of hydrogen-bond donors (Lipinski definition) is 0. The number of carbonyl (C=O) groups excluding carboxylic acids is 2. The predicted octanol–water partition coefficient (Wildman–Crippen LogP) is 5.08. The summed E-state index contributed by atoms with van der Waals surface area (Å²) in [7, 11) is 0. The average Bonchev–Trinajstić information content (AvgIpc) is 3.54. The van der Waals surface area contributed by atoms with Crippen molar-refractivity contribution in [3.05, 3.63) is 87.6 Å². The van der Waals surface area contributed by atoms with E-state index >= 15 is 0 Å². The molecule has 35 heavy (non-hydrogen) atoms. The molecule has 0 bridgehead atoms. The quantitative estimate of drug-likeness (QED) is 0.437. The minimum Gasteiger partial charge on any atom is -0.491 e. The predicted molar refractivity (Wildman–Crippen MR) is 129 cm³/mol. The van der Waals surface area contributed by atoms with Crippen molar-refractivity contribution in [2.24, 2.45) is 5.92 Å². The summed E-state index contributed by atoms with van der Waals surface area (Å²) in [5.41, 5.74) is 1.40. The molecule has 0 radical (unpaired) electrons. The van der Waals surface area contributed by atoms with E-state index in [1.165, 1.54) is 41.3 Å². The van der Waals surface area contributed by atoms with E-state index in [9.17, 15) is 18.4 Å². The summed E-state index contributed by atoms with van der Waals surface area (Å²) >= 11 is 1.65. The Morgan fingerprint density at radius 3 is 2.60 bits per heavy atom. The highest BCUT2D eigenvalue weighted by molar-refractivity contribution is 7.10. The number of thiophene rings is 1. The molecule has 8 heteroatoms. The molecule has 1 saturated carbocycles. The second-order valence-corrected chi connectivity index (χ2v) is 10.1. The number of halogens is 2. The van der Waals surface area contributed by atoms with Gasteiger partial charge >= 0.3 is 0 Å². The summed E-state index contributed by atoms with van der Waals surface area (Å²) in [5, 5.41) is 2.01. The van der Waals surface area contributed by atoms with Crippen LogP contribution in [0.5, 0.6) is 5.75 Å². The smallest absolute Gasteiger partial charge is 0.254 e. The molecule has 2 aromatic carbocycles. The van der Waals surface area contributed by atoms with Crippen LogP contribution in [0, 0.1) is 17.6 Å². The van der Waals surface area contributed by atoms with Gasteiger partial charge < -0.3 is 14.5 Å². The van der Waals surface area contributed by atoms with Crippen molar-refractivity contribution >= 4 is 23.2 Å². The first-order valence-corrected chi connectivity index (χ1v) is 12.6. The van der Waals surface area contributed by atoms with Crippen LogP contribution in [0.1, 0.15) is 39.7 Å². The zero-order chi connectivity index (χ0) is 24.4. The fourth-order valence-electron chi connectivity index (χ4n) is 4.47.